The van der Waals surface area contributed by atoms with Gasteiger partial charge in [0.2, 0.25) is 0 Å². The van der Waals surface area contributed by atoms with Crippen molar-refractivity contribution in [3.63, 3.8) is 0 Å². The van der Waals surface area contributed by atoms with Crippen LogP contribution in [-0.2, 0) is 11.2 Å². The Morgan fingerprint density at radius 3 is 2.88 bits per heavy atom. The molecule has 0 aliphatic heterocycles. The number of hydrogen-bond donors (Lipinski definition) is 1. The fraction of sp³-hybridized carbons (Fsp3) is 0.696. The van der Waals surface area contributed by atoms with Crippen molar-refractivity contribution in [2.75, 3.05) is 13.7 Å². The number of ketones is 1. The van der Waals surface area contributed by atoms with Crippen molar-refractivity contribution in [1.29, 1.82) is 0 Å². The second kappa shape index (κ2) is 6.99. The zero-order valence-corrected chi connectivity index (χ0v) is 16.2. The van der Waals surface area contributed by atoms with E-state index in [0.717, 1.165) is 50.7 Å². The molecule has 1 aromatic rings. The van der Waals surface area contributed by atoms with Crippen LogP contribution in [0.2, 0.25) is 0 Å². The molecule has 3 nitrogen and oxygen atoms in total. The lowest BCUT2D eigenvalue weighted by atomic mass is 9.54. The topological polar surface area (TPSA) is 46.5 Å². The third-order valence-electron chi connectivity index (χ3n) is 7.76. The number of carbonyl (C=O) groups is 1. The Kier molecular flexibility index (Phi) is 4.85. The fourth-order valence-electron chi connectivity index (χ4n) is 6.53. The molecule has 3 heteroatoms. The highest BCUT2D eigenvalue weighted by atomic mass is 16.5. The maximum Gasteiger partial charge on any atom is 0.139 e. The quantitative estimate of drug-likeness (QED) is 0.790. The molecule has 0 spiro atoms. The molecule has 0 aromatic heterocycles. The zero-order valence-electron chi connectivity index (χ0n) is 16.2. The van der Waals surface area contributed by atoms with Gasteiger partial charge in [0.05, 0.1) is 7.11 Å². The number of carbonyl (C=O) groups excluding carboxylic acids is 1. The summed E-state index contributed by atoms with van der Waals surface area (Å²) in [5.74, 6) is 3.76. The van der Waals surface area contributed by atoms with Crippen LogP contribution in [-0.4, -0.2) is 24.6 Å². The average molecular weight is 357 g/mol. The first-order valence-electron chi connectivity index (χ1n) is 10.4. The van der Waals surface area contributed by atoms with Gasteiger partial charge in [0.25, 0.3) is 0 Å². The summed E-state index contributed by atoms with van der Waals surface area (Å²) >= 11 is 0. The first-order valence-corrected chi connectivity index (χ1v) is 10.4. The highest BCUT2D eigenvalue weighted by molar-refractivity contribution is 5.87. The molecule has 5 atom stereocenters. The minimum atomic E-state index is -0.102. The molecule has 3 aliphatic carbocycles. The number of Topliss-reactive ketones (excluding diaryl/α,β-unsaturated/α-hetero) is 1. The van der Waals surface area contributed by atoms with Gasteiger partial charge in [-0.05, 0) is 85.5 Å². The van der Waals surface area contributed by atoms with Crippen LogP contribution in [0.15, 0.2) is 18.2 Å². The van der Waals surface area contributed by atoms with E-state index in [-0.39, 0.29) is 12.0 Å². The van der Waals surface area contributed by atoms with Crippen LogP contribution in [0.5, 0.6) is 5.75 Å². The lowest BCUT2D eigenvalue weighted by molar-refractivity contribution is -0.129. The van der Waals surface area contributed by atoms with Gasteiger partial charge >= 0.3 is 0 Å². The number of aliphatic hydroxyl groups is 1. The Morgan fingerprint density at radius 1 is 1.27 bits per heavy atom. The summed E-state index contributed by atoms with van der Waals surface area (Å²) in [4.78, 5) is 12.9. The maximum atomic E-state index is 12.9. The minimum absolute atomic E-state index is 0.102. The molecule has 2 fully saturated rings. The van der Waals surface area contributed by atoms with Crippen LogP contribution >= 0.6 is 0 Å². The summed E-state index contributed by atoms with van der Waals surface area (Å²) in [5, 5.41) is 9.14. The molecular formula is C23H32O3. The normalized spacial score (nSPS) is 35.6. The van der Waals surface area contributed by atoms with Gasteiger partial charge < -0.3 is 9.84 Å². The van der Waals surface area contributed by atoms with Gasteiger partial charge in [-0.1, -0.05) is 19.4 Å². The van der Waals surface area contributed by atoms with E-state index in [0.29, 0.717) is 29.5 Å². The number of unbranched alkanes of at least 4 members (excludes halogenated alkanes) is 1. The molecule has 26 heavy (non-hydrogen) atoms. The summed E-state index contributed by atoms with van der Waals surface area (Å²) in [6, 6.07) is 6.61. The van der Waals surface area contributed by atoms with E-state index < -0.39 is 0 Å². The summed E-state index contributed by atoms with van der Waals surface area (Å²) in [6.45, 7) is 2.52. The predicted molar refractivity (Wildman–Crippen MR) is 102 cm³/mol. The average Bonchev–Trinajstić information content (AvgIpc) is 2.91. The molecular weight excluding hydrogens is 324 g/mol. The first-order chi connectivity index (χ1) is 12.6. The Morgan fingerprint density at radius 2 is 2.12 bits per heavy atom. The monoisotopic (exact) mass is 356 g/mol. The van der Waals surface area contributed by atoms with Gasteiger partial charge in [0.1, 0.15) is 11.5 Å². The van der Waals surface area contributed by atoms with Crippen LogP contribution in [0.1, 0.15) is 68.9 Å². The second-order valence-electron chi connectivity index (χ2n) is 8.96. The molecule has 1 aromatic carbocycles. The standard InChI is InChI=1S/C23H32O3/c1-23-11-10-19-18-9-7-17(26-2)13-15(18)6-8-20(19)22(23)16(14-21(23)25)5-3-4-12-24/h7,9,13,16,19-20,22,24H,3-6,8,10-12,14H2,1-2H3/t16?,19-,20-,22+,23-/m1/s1. The van der Waals surface area contributed by atoms with E-state index in [4.69, 9.17) is 9.84 Å². The van der Waals surface area contributed by atoms with Crippen LogP contribution in [0.4, 0.5) is 0 Å². The third kappa shape index (κ3) is 2.79. The number of aryl methyl sites for hydroxylation is 1. The third-order valence-corrected chi connectivity index (χ3v) is 7.76. The summed E-state index contributed by atoms with van der Waals surface area (Å²) in [7, 11) is 1.74. The Balaban J connectivity index is 1.62. The summed E-state index contributed by atoms with van der Waals surface area (Å²) in [6.07, 6.45) is 8.28. The van der Waals surface area contributed by atoms with Crippen LogP contribution < -0.4 is 4.74 Å². The van der Waals surface area contributed by atoms with Crippen molar-refractivity contribution in [3.05, 3.63) is 29.3 Å². The van der Waals surface area contributed by atoms with E-state index in [1.807, 2.05) is 0 Å². The molecule has 0 radical (unpaired) electrons. The largest absolute Gasteiger partial charge is 0.497 e. The van der Waals surface area contributed by atoms with Crippen molar-refractivity contribution in [1.82, 2.24) is 0 Å². The number of fused-ring (bicyclic) bond motifs is 5. The molecule has 142 valence electrons. The van der Waals surface area contributed by atoms with Crippen molar-refractivity contribution < 1.29 is 14.6 Å². The highest BCUT2D eigenvalue weighted by Gasteiger charge is 2.58. The van der Waals surface area contributed by atoms with Gasteiger partial charge in [-0.15, -0.1) is 0 Å². The number of aliphatic hydroxyl groups excluding tert-OH is 1. The van der Waals surface area contributed by atoms with Crippen LogP contribution in [0.25, 0.3) is 0 Å². The lowest BCUT2D eigenvalue weighted by Crippen LogP contribution is -2.44. The lowest BCUT2D eigenvalue weighted by Gasteiger charge is -2.50. The predicted octanol–water partition coefficient (Wildman–Crippen LogP) is 4.51. The van der Waals surface area contributed by atoms with Crippen LogP contribution in [0, 0.1) is 23.2 Å². The van der Waals surface area contributed by atoms with Gasteiger partial charge in [-0.2, -0.15) is 0 Å². The maximum absolute atomic E-state index is 12.9. The summed E-state index contributed by atoms with van der Waals surface area (Å²) < 4.78 is 5.42. The molecule has 4 rings (SSSR count). The molecule has 1 unspecified atom stereocenters. The number of rotatable bonds is 5. The zero-order chi connectivity index (χ0) is 18.3. The number of ether oxygens (including phenoxy) is 1. The molecule has 0 saturated heterocycles. The Labute approximate surface area is 157 Å². The van der Waals surface area contributed by atoms with Gasteiger partial charge in [-0.25, -0.2) is 0 Å². The second-order valence-corrected chi connectivity index (χ2v) is 8.96. The van der Waals surface area contributed by atoms with E-state index in [1.54, 1.807) is 7.11 Å². The number of benzene rings is 1. The van der Waals surface area contributed by atoms with Gasteiger partial charge in [0, 0.05) is 18.4 Å². The molecule has 0 heterocycles. The molecule has 0 amide bonds. The van der Waals surface area contributed by atoms with Crippen molar-refractivity contribution in [3.8, 4) is 5.75 Å². The SMILES string of the molecule is COc1ccc2c(c1)CC[C@@H]1[C@@H]2CC[C@]2(C)C(=O)CC(CCCCO)[C@@H]12. The van der Waals surface area contributed by atoms with E-state index in [9.17, 15) is 4.79 Å². The highest BCUT2D eigenvalue weighted by Crippen LogP contribution is 2.62. The number of methoxy groups -OCH3 is 1. The van der Waals surface area contributed by atoms with Crippen molar-refractivity contribution in [2.45, 2.75) is 64.2 Å². The van der Waals surface area contributed by atoms with E-state index in [2.05, 4.69) is 25.1 Å². The molecule has 2 saturated carbocycles. The van der Waals surface area contributed by atoms with Gasteiger partial charge in [-0.3, -0.25) is 4.79 Å². The van der Waals surface area contributed by atoms with Crippen LogP contribution in [0.3, 0.4) is 0 Å². The Hall–Kier alpha value is -1.35. The Bertz CT molecular complexity index is 682. The first kappa shape index (κ1) is 18.0. The minimum Gasteiger partial charge on any atom is -0.497 e. The van der Waals surface area contributed by atoms with Crippen molar-refractivity contribution >= 4 is 5.78 Å². The smallest absolute Gasteiger partial charge is 0.139 e. The molecule has 0 bridgehead atoms. The van der Waals surface area contributed by atoms with Crippen molar-refractivity contribution in [2.24, 2.45) is 23.2 Å². The van der Waals surface area contributed by atoms with E-state index >= 15 is 0 Å². The molecule has 3 aliphatic rings. The number of hydrogen-bond acceptors (Lipinski definition) is 3. The molecule has 1 N–H and O–H groups in total. The van der Waals surface area contributed by atoms with Gasteiger partial charge in [0.15, 0.2) is 0 Å². The van der Waals surface area contributed by atoms with E-state index in [1.165, 1.54) is 17.5 Å². The fourth-order valence-corrected chi connectivity index (χ4v) is 6.53. The summed E-state index contributed by atoms with van der Waals surface area (Å²) in [5.41, 5.74) is 2.86.